The molecule has 110 valence electrons. The van der Waals surface area contributed by atoms with E-state index in [1.165, 1.54) is 0 Å². The van der Waals surface area contributed by atoms with Crippen LogP contribution in [0.4, 0.5) is 4.79 Å². The first-order chi connectivity index (χ1) is 8.83. The third kappa shape index (κ3) is 5.46. The lowest BCUT2D eigenvalue weighted by molar-refractivity contribution is -0.146. The lowest BCUT2D eigenvalue weighted by Gasteiger charge is -2.36. The number of nitrogens with zero attached hydrogens (tertiary/aromatic N) is 1. The van der Waals surface area contributed by atoms with Gasteiger partial charge in [0.15, 0.2) is 0 Å². The number of morpholine rings is 1. The summed E-state index contributed by atoms with van der Waals surface area (Å²) in [5.41, 5.74) is -0.552. The van der Waals surface area contributed by atoms with Gasteiger partial charge < -0.3 is 14.2 Å². The minimum atomic E-state index is -0.552. The quantitative estimate of drug-likeness (QED) is 0.730. The molecule has 1 heterocycles. The second-order valence-electron chi connectivity index (χ2n) is 5.41. The SMILES string of the molecule is CCOC(=O)C[C@@H]1COCCN1C(=O)OC(C)(C)C. The van der Waals surface area contributed by atoms with Crippen LogP contribution in [-0.2, 0) is 19.0 Å². The molecule has 1 rings (SSSR count). The molecule has 0 aliphatic carbocycles. The fourth-order valence-corrected chi connectivity index (χ4v) is 1.80. The van der Waals surface area contributed by atoms with Crippen LogP contribution >= 0.6 is 0 Å². The Morgan fingerprint density at radius 1 is 1.37 bits per heavy atom. The molecule has 1 saturated heterocycles. The zero-order valence-electron chi connectivity index (χ0n) is 12.1. The summed E-state index contributed by atoms with van der Waals surface area (Å²) in [7, 11) is 0. The van der Waals surface area contributed by atoms with E-state index in [1.807, 2.05) is 20.8 Å². The molecule has 0 aromatic rings. The number of rotatable bonds is 3. The lowest BCUT2D eigenvalue weighted by atomic mass is 10.1. The third-order valence-corrected chi connectivity index (χ3v) is 2.56. The van der Waals surface area contributed by atoms with Crippen LogP contribution in [0, 0.1) is 0 Å². The maximum Gasteiger partial charge on any atom is 0.410 e. The van der Waals surface area contributed by atoms with Gasteiger partial charge in [-0.25, -0.2) is 4.79 Å². The molecular weight excluding hydrogens is 250 g/mol. The number of hydrogen-bond acceptors (Lipinski definition) is 5. The van der Waals surface area contributed by atoms with Crippen LogP contribution in [0.5, 0.6) is 0 Å². The highest BCUT2D eigenvalue weighted by Crippen LogP contribution is 2.16. The Morgan fingerprint density at radius 3 is 2.63 bits per heavy atom. The van der Waals surface area contributed by atoms with E-state index >= 15 is 0 Å². The molecule has 6 heteroatoms. The molecule has 19 heavy (non-hydrogen) atoms. The number of carbonyl (C=O) groups excluding carboxylic acids is 2. The minimum Gasteiger partial charge on any atom is -0.466 e. The summed E-state index contributed by atoms with van der Waals surface area (Å²) in [5.74, 6) is -0.327. The smallest absolute Gasteiger partial charge is 0.410 e. The average molecular weight is 273 g/mol. The normalized spacial score (nSPS) is 20.0. The molecule has 0 N–H and O–H groups in total. The van der Waals surface area contributed by atoms with Gasteiger partial charge in [-0.15, -0.1) is 0 Å². The second kappa shape index (κ2) is 6.75. The van der Waals surface area contributed by atoms with Crippen LogP contribution in [-0.4, -0.2) is 55.0 Å². The maximum absolute atomic E-state index is 12.1. The van der Waals surface area contributed by atoms with Gasteiger partial charge >= 0.3 is 12.1 Å². The van der Waals surface area contributed by atoms with Crippen LogP contribution in [0.3, 0.4) is 0 Å². The molecule has 1 fully saturated rings. The zero-order chi connectivity index (χ0) is 14.5. The fraction of sp³-hybridized carbons (Fsp3) is 0.846. The second-order valence-corrected chi connectivity index (χ2v) is 5.41. The Labute approximate surface area is 114 Å². The highest BCUT2D eigenvalue weighted by Gasteiger charge is 2.32. The fourth-order valence-electron chi connectivity index (χ4n) is 1.80. The van der Waals surface area contributed by atoms with Crippen molar-refractivity contribution in [1.82, 2.24) is 4.90 Å². The van der Waals surface area contributed by atoms with E-state index in [0.29, 0.717) is 26.4 Å². The highest BCUT2D eigenvalue weighted by atomic mass is 16.6. The van der Waals surface area contributed by atoms with Crippen molar-refractivity contribution in [2.75, 3.05) is 26.4 Å². The molecular formula is C13H23NO5. The third-order valence-electron chi connectivity index (χ3n) is 2.56. The summed E-state index contributed by atoms with van der Waals surface area (Å²) in [6.45, 7) is 8.73. The molecule has 0 radical (unpaired) electrons. The Balaban J connectivity index is 2.61. The molecule has 0 spiro atoms. The summed E-state index contributed by atoms with van der Waals surface area (Å²) < 4.78 is 15.5. The van der Waals surface area contributed by atoms with Gasteiger partial charge in [-0.2, -0.15) is 0 Å². The first kappa shape index (κ1) is 15.8. The van der Waals surface area contributed by atoms with Gasteiger partial charge in [-0.3, -0.25) is 9.69 Å². The molecule has 1 atom stereocenters. The zero-order valence-corrected chi connectivity index (χ0v) is 12.1. The van der Waals surface area contributed by atoms with Gasteiger partial charge in [0.2, 0.25) is 0 Å². The van der Waals surface area contributed by atoms with Gasteiger partial charge in [0, 0.05) is 6.54 Å². The summed E-state index contributed by atoms with van der Waals surface area (Å²) in [5, 5.41) is 0. The van der Waals surface area contributed by atoms with Crippen LogP contribution < -0.4 is 0 Å². The molecule has 1 aliphatic rings. The number of carbonyl (C=O) groups is 2. The molecule has 0 aromatic heterocycles. The maximum atomic E-state index is 12.1. The molecule has 0 aromatic carbocycles. The van der Waals surface area contributed by atoms with Crippen molar-refractivity contribution >= 4 is 12.1 Å². The number of ether oxygens (including phenoxy) is 3. The first-order valence-corrected chi connectivity index (χ1v) is 6.56. The standard InChI is InChI=1S/C13H23NO5/c1-5-18-11(15)8-10-9-17-7-6-14(10)12(16)19-13(2,3)4/h10H,5-9H2,1-4H3/t10-/m1/s1. The predicted octanol–water partition coefficient (Wildman–Crippen LogP) is 1.58. The average Bonchev–Trinajstić information content (AvgIpc) is 2.27. The molecule has 0 saturated carbocycles. The van der Waals surface area contributed by atoms with Crippen molar-refractivity contribution in [3.05, 3.63) is 0 Å². The summed E-state index contributed by atoms with van der Waals surface area (Å²) in [6, 6.07) is -0.317. The van der Waals surface area contributed by atoms with Crippen molar-refractivity contribution in [2.45, 2.75) is 45.8 Å². The van der Waals surface area contributed by atoms with E-state index in [-0.39, 0.29) is 18.4 Å². The molecule has 6 nitrogen and oxygen atoms in total. The van der Waals surface area contributed by atoms with Crippen LogP contribution in [0.25, 0.3) is 0 Å². The van der Waals surface area contributed by atoms with Crippen molar-refractivity contribution in [1.29, 1.82) is 0 Å². The summed E-state index contributed by atoms with van der Waals surface area (Å²) in [6.07, 6.45) is -0.280. The molecule has 0 unspecified atom stereocenters. The minimum absolute atomic E-state index is 0.132. The van der Waals surface area contributed by atoms with E-state index in [2.05, 4.69) is 0 Å². The van der Waals surface area contributed by atoms with Crippen LogP contribution in [0.1, 0.15) is 34.1 Å². The van der Waals surface area contributed by atoms with E-state index in [4.69, 9.17) is 14.2 Å². The van der Waals surface area contributed by atoms with E-state index in [1.54, 1.807) is 11.8 Å². The topological polar surface area (TPSA) is 65.1 Å². The van der Waals surface area contributed by atoms with Crippen molar-refractivity contribution < 1.29 is 23.8 Å². The predicted molar refractivity (Wildman–Crippen MR) is 68.8 cm³/mol. The van der Waals surface area contributed by atoms with E-state index in [0.717, 1.165) is 0 Å². The van der Waals surface area contributed by atoms with Crippen molar-refractivity contribution in [3.63, 3.8) is 0 Å². The largest absolute Gasteiger partial charge is 0.466 e. The monoisotopic (exact) mass is 273 g/mol. The number of esters is 1. The molecule has 0 bridgehead atoms. The van der Waals surface area contributed by atoms with Gasteiger partial charge in [0.25, 0.3) is 0 Å². The van der Waals surface area contributed by atoms with Gasteiger partial charge in [0.1, 0.15) is 5.60 Å². The van der Waals surface area contributed by atoms with Gasteiger partial charge in [0.05, 0.1) is 32.3 Å². The Bertz CT molecular complexity index is 323. The summed E-state index contributed by atoms with van der Waals surface area (Å²) in [4.78, 5) is 25.1. The van der Waals surface area contributed by atoms with Crippen LogP contribution in [0.2, 0.25) is 0 Å². The lowest BCUT2D eigenvalue weighted by Crippen LogP contribution is -2.51. The number of amides is 1. The van der Waals surface area contributed by atoms with Crippen LogP contribution in [0.15, 0.2) is 0 Å². The Hall–Kier alpha value is -1.30. The number of hydrogen-bond donors (Lipinski definition) is 0. The highest BCUT2D eigenvalue weighted by molar-refractivity contribution is 5.73. The Kier molecular flexibility index (Phi) is 5.60. The van der Waals surface area contributed by atoms with Gasteiger partial charge in [-0.1, -0.05) is 0 Å². The van der Waals surface area contributed by atoms with Crippen molar-refractivity contribution in [3.8, 4) is 0 Å². The summed E-state index contributed by atoms with van der Waals surface area (Å²) >= 11 is 0. The first-order valence-electron chi connectivity index (χ1n) is 6.56. The molecule has 1 aliphatic heterocycles. The molecule has 1 amide bonds. The Morgan fingerprint density at radius 2 is 2.05 bits per heavy atom. The van der Waals surface area contributed by atoms with Crippen molar-refractivity contribution in [2.24, 2.45) is 0 Å². The van der Waals surface area contributed by atoms with E-state index in [9.17, 15) is 9.59 Å². The van der Waals surface area contributed by atoms with Gasteiger partial charge in [-0.05, 0) is 27.7 Å². The van der Waals surface area contributed by atoms with E-state index < -0.39 is 11.7 Å².